The molecule has 3 unspecified atom stereocenters. The van der Waals surface area contributed by atoms with Gasteiger partial charge in [-0.1, -0.05) is 26.7 Å². The van der Waals surface area contributed by atoms with Crippen molar-refractivity contribution in [2.24, 2.45) is 11.7 Å². The van der Waals surface area contributed by atoms with Gasteiger partial charge in [0.2, 0.25) is 5.91 Å². The third kappa shape index (κ3) is 3.42. The van der Waals surface area contributed by atoms with E-state index in [1.54, 1.807) is 0 Å². The van der Waals surface area contributed by atoms with Gasteiger partial charge in [0.05, 0.1) is 17.7 Å². The van der Waals surface area contributed by atoms with Gasteiger partial charge < -0.3 is 16.2 Å². The van der Waals surface area contributed by atoms with Crippen LogP contribution >= 0.6 is 0 Å². The van der Waals surface area contributed by atoms with E-state index in [0.29, 0.717) is 12.3 Å². The minimum absolute atomic E-state index is 0.0547. The van der Waals surface area contributed by atoms with Crippen molar-refractivity contribution in [3.05, 3.63) is 0 Å². The van der Waals surface area contributed by atoms with Crippen LogP contribution in [0.15, 0.2) is 0 Å². The fraction of sp³-hybridized carbons (Fsp3) is 0.923. The monoisotopic (exact) mass is 242 g/mol. The van der Waals surface area contributed by atoms with Gasteiger partial charge in [-0.05, 0) is 32.1 Å². The van der Waals surface area contributed by atoms with Gasteiger partial charge in [-0.2, -0.15) is 0 Å². The summed E-state index contributed by atoms with van der Waals surface area (Å²) in [6, 6.07) is 0. The molecule has 17 heavy (non-hydrogen) atoms. The van der Waals surface area contributed by atoms with Crippen LogP contribution in [0.5, 0.6) is 0 Å². The summed E-state index contributed by atoms with van der Waals surface area (Å²) in [6.45, 7) is 5.88. The normalized spacial score (nSPS) is 32.9. The lowest BCUT2D eigenvalue weighted by Crippen LogP contribution is -2.61. The van der Waals surface area contributed by atoms with E-state index in [1.807, 2.05) is 13.8 Å². The molecule has 0 aliphatic heterocycles. The van der Waals surface area contributed by atoms with Crippen LogP contribution in [0.2, 0.25) is 0 Å². The lowest BCUT2D eigenvalue weighted by Gasteiger charge is -2.38. The van der Waals surface area contributed by atoms with Crippen LogP contribution in [0.1, 0.15) is 52.9 Å². The highest BCUT2D eigenvalue weighted by molar-refractivity contribution is 5.86. The smallest absolute Gasteiger partial charge is 0.240 e. The van der Waals surface area contributed by atoms with Crippen molar-refractivity contribution < 1.29 is 9.90 Å². The van der Waals surface area contributed by atoms with E-state index in [4.69, 9.17) is 5.73 Å². The van der Waals surface area contributed by atoms with Crippen LogP contribution in [0.25, 0.3) is 0 Å². The first-order valence-corrected chi connectivity index (χ1v) is 6.57. The Balaban J connectivity index is 2.68. The SMILES string of the molecule is CCC(C)(CO)NC(=O)C1(N)CCCC(C)C1. The number of nitrogens with one attached hydrogen (secondary N) is 1. The molecule has 0 aromatic heterocycles. The highest BCUT2D eigenvalue weighted by Crippen LogP contribution is 2.31. The van der Waals surface area contributed by atoms with E-state index in [1.165, 1.54) is 0 Å². The van der Waals surface area contributed by atoms with Crippen molar-refractivity contribution in [1.29, 1.82) is 0 Å². The number of carbonyl (C=O) groups excluding carboxylic acids is 1. The molecular weight excluding hydrogens is 216 g/mol. The van der Waals surface area contributed by atoms with Crippen molar-refractivity contribution >= 4 is 5.91 Å². The highest BCUT2D eigenvalue weighted by atomic mass is 16.3. The van der Waals surface area contributed by atoms with Crippen LogP contribution in [0.3, 0.4) is 0 Å². The molecular formula is C13H26N2O2. The summed E-state index contributed by atoms with van der Waals surface area (Å²) < 4.78 is 0. The van der Waals surface area contributed by atoms with Crippen LogP contribution in [-0.4, -0.2) is 28.7 Å². The van der Waals surface area contributed by atoms with E-state index in [-0.39, 0.29) is 12.5 Å². The summed E-state index contributed by atoms with van der Waals surface area (Å²) in [7, 11) is 0. The van der Waals surface area contributed by atoms with Crippen LogP contribution in [0, 0.1) is 5.92 Å². The van der Waals surface area contributed by atoms with Crippen LogP contribution in [0.4, 0.5) is 0 Å². The van der Waals surface area contributed by atoms with E-state index >= 15 is 0 Å². The Morgan fingerprint density at radius 1 is 1.65 bits per heavy atom. The maximum Gasteiger partial charge on any atom is 0.240 e. The molecule has 4 heteroatoms. The lowest BCUT2D eigenvalue weighted by atomic mass is 9.76. The molecule has 0 heterocycles. The average Bonchev–Trinajstić information content (AvgIpc) is 2.28. The highest BCUT2D eigenvalue weighted by Gasteiger charge is 2.40. The summed E-state index contributed by atoms with van der Waals surface area (Å²) in [5, 5.41) is 12.2. The fourth-order valence-corrected chi connectivity index (χ4v) is 2.44. The Hall–Kier alpha value is -0.610. The number of hydrogen-bond donors (Lipinski definition) is 3. The summed E-state index contributed by atoms with van der Waals surface area (Å²) in [6.07, 6.45) is 4.34. The van der Waals surface area contributed by atoms with E-state index in [9.17, 15) is 9.90 Å². The van der Waals surface area contributed by atoms with Gasteiger partial charge in [0.15, 0.2) is 0 Å². The largest absolute Gasteiger partial charge is 0.394 e. The third-order valence-electron chi connectivity index (χ3n) is 4.03. The summed E-state index contributed by atoms with van der Waals surface area (Å²) in [5.41, 5.74) is 4.92. The zero-order valence-electron chi connectivity index (χ0n) is 11.3. The first-order valence-electron chi connectivity index (χ1n) is 6.57. The molecule has 0 saturated heterocycles. The molecule has 3 atom stereocenters. The maximum atomic E-state index is 12.3. The maximum absolute atomic E-state index is 12.3. The van der Waals surface area contributed by atoms with Crippen LogP contribution < -0.4 is 11.1 Å². The molecule has 0 aromatic rings. The van der Waals surface area contributed by atoms with E-state index in [0.717, 1.165) is 25.7 Å². The molecule has 100 valence electrons. The van der Waals surface area contributed by atoms with Crippen molar-refractivity contribution in [2.75, 3.05) is 6.61 Å². The predicted molar refractivity (Wildman–Crippen MR) is 68.5 cm³/mol. The molecule has 0 aromatic carbocycles. The molecule has 1 rings (SSSR count). The van der Waals surface area contributed by atoms with Gasteiger partial charge in [-0.25, -0.2) is 0 Å². The van der Waals surface area contributed by atoms with E-state index in [2.05, 4.69) is 12.2 Å². The molecule has 0 bridgehead atoms. The predicted octanol–water partition coefficient (Wildman–Crippen LogP) is 1.17. The van der Waals surface area contributed by atoms with Crippen molar-refractivity contribution in [3.63, 3.8) is 0 Å². The second-order valence-corrected chi connectivity index (χ2v) is 5.88. The van der Waals surface area contributed by atoms with E-state index < -0.39 is 11.1 Å². The molecule has 4 nitrogen and oxygen atoms in total. The lowest BCUT2D eigenvalue weighted by molar-refractivity contribution is -0.130. The molecule has 1 aliphatic carbocycles. The second-order valence-electron chi connectivity index (χ2n) is 5.88. The van der Waals surface area contributed by atoms with Crippen LogP contribution in [-0.2, 0) is 4.79 Å². The van der Waals surface area contributed by atoms with Gasteiger partial charge in [-0.3, -0.25) is 4.79 Å². The van der Waals surface area contributed by atoms with Gasteiger partial charge in [0.25, 0.3) is 0 Å². The van der Waals surface area contributed by atoms with Crippen molar-refractivity contribution in [1.82, 2.24) is 5.32 Å². The molecule has 1 aliphatic rings. The van der Waals surface area contributed by atoms with Gasteiger partial charge >= 0.3 is 0 Å². The zero-order valence-corrected chi connectivity index (χ0v) is 11.3. The minimum atomic E-state index is -0.747. The minimum Gasteiger partial charge on any atom is -0.394 e. The number of hydrogen-bond acceptors (Lipinski definition) is 3. The fourth-order valence-electron chi connectivity index (χ4n) is 2.44. The molecule has 1 saturated carbocycles. The standard InChI is InChI=1S/C13H26N2O2/c1-4-12(3,9-16)15-11(17)13(14)7-5-6-10(2)8-13/h10,16H,4-9,14H2,1-3H3,(H,15,17). The first kappa shape index (κ1) is 14.5. The number of aliphatic hydroxyl groups is 1. The number of aliphatic hydroxyl groups excluding tert-OH is 1. The Kier molecular flexibility index (Phi) is 4.55. The number of amides is 1. The second kappa shape index (κ2) is 5.36. The summed E-state index contributed by atoms with van der Waals surface area (Å²) >= 11 is 0. The number of nitrogens with two attached hydrogens (primary N) is 1. The molecule has 0 radical (unpaired) electrons. The van der Waals surface area contributed by atoms with Gasteiger partial charge in [0, 0.05) is 0 Å². The van der Waals surface area contributed by atoms with Crippen molar-refractivity contribution in [2.45, 2.75) is 64.0 Å². The van der Waals surface area contributed by atoms with Gasteiger partial charge in [-0.15, -0.1) is 0 Å². The summed E-state index contributed by atoms with van der Waals surface area (Å²) in [5.74, 6) is 0.393. The zero-order chi connectivity index (χ0) is 13.1. The summed E-state index contributed by atoms with van der Waals surface area (Å²) in [4.78, 5) is 12.3. The Morgan fingerprint density at radius 3 is 2.76 bits per heavy atom. The average molecular weight is 242 g/mol. The Labute approximate surface area is 104 Å². The van der Waals surface area contributed by atoms with Gasteiger partial charge in [0.1, 0.15) is 0 Å². The third-order valence-corrected chi connectivity index (χ3v) is 4.03. The molecule has 0 spiro atoms. The first-order chi connectivity index (χ1) is 7.85. The van der Waals surface area contributed by atoms with Crippen molar-refractivity contribution in [3.8, 4) is 0 Å². The Bertz CT molecular complexity index is 277. The topological polar surface area (TPSA) is 75.3 Å². The quantitative estimate of drug-likeness (QED) is 0.692. The number of rotatable bonds is 4. The molecule has 1 fully saturated rings. The molecule has 1 amide bonds. The number of carbonyl (C=O) groups is 1. The molecule has 4 N–H and O–H groups in total. The Morgan fingerprint density at radius 2 is 2.29 bits per heavy atom.